The molecule has 7 rings (SSSR count). The van der Waals surface area contributed by atoms with Gasteiger partial charge in [-0.2, -0.15) is 0 Å². The number of carbonyl (C=O) groups excluding carboxylic acids is 1. The summed E-state index contributed by atoms with van der Waals surface area (Å²) in [6.45, 7) is -0.193. The number of hydrogen-bond acceptors (Lipinski definition) is 9. The van der Waals surface area contributed by atoms with Crippen LogP contribution in [0.15, 0.2) is 109 Å². The highest BCUT2D eigenvalue weighted by atomic mass is 16.5. The summed E-state index contributed by atoms with van der Waals surface area (Å²) in [4.78, 5) is 18.3. The Labute approximate surface area is 357 Å². The number of phenols is 3. The van der Waals surface area contributed by atoms with Crippen molar-refractivity contribution in [2.45, 2.75) is 88.4 Å². The highest BCUT2D eigenvalue weighted by molar-refractivity contribution is 5.91. The van der Waals surface area contributed by atoms with E-state index in [9.17, 15) is 25.5 Å². The SMILES string of the molecule is CNCc1cc(O)cc([C@@](CO)(Cc2ccc(O)c(OC3CCCCC3)c2)C(=O)C[C@@H](O)[C@H](Cc2cc[nH]c2)Cc2ccc(O)c(OC)c2Cc2cccc3ccccc23)c1. The Kier molecular flexibility index (Phi) is 14.0. The zero-order valence-electron chi connectivity index (χ0n) is 35.1. The Bertz CT molecular complexity index is 2400. The monoisotopic (exact) mass is 826 g/mol. The lowest BCUT2D eigenvalue weighted by molar-refractivity contribution is -0.129. The maximum Gasteiger partial charge on any atom is 0.164 e. The number of ether oxygens (including phenoxy) is 2. The lowest BCUT2D eigenvalue weighted by atomic mass is 9.70. The first-order chi connectivity index (χ1) is 29.6. The molecule has 0 radical (unpaired) electrons. The van der Waals surface area contributed by atoms with Gasteiger partial charge in [-0.1, -0.05) is 67.1 Å². The Morgan fingerprint density at radius 1 is 0.852 bits per heavy atom. The third kappa shape index (κ3) is 10.0. The first-order valence-corrected chi connectivity index (χ1v) is 21.4. The summed E-state index contributed by atoms with van der Waals surface area (Å²) in [5.41, 5.74) is 3.87. The highest BCUT2D eigenvalue weighted by Gasteiger charge is 2.42. The second-order valence-electron chi connectivity index (χ2n) is 16.7. The zero-order chi connectivity index (χ0) is 42.9. The minimum Gasteiger partial charge on any atom is -0.508 e. The van der Waals surface area contributed by atoms with E-state index in [-0.39, 0.29) is 36.2 Å². The van der Waals surface area contributed by atoms with E-state index in [0.29, 0.717) is 48.4 Å². The summed E-state index contributed by atoms with van der Waals surface area (Å²) in [5, 5.41) is 61.9. The molecule has 5 aromatic carbocycles. The van der Waals surface area contributed by atoms with Crippen LogP contribution in [-0.4, -0.2) is 69.3 Å². The van der Waals surface area contributed by atoms with Gasteiger partial charge in [-0.3, -0.25) is 4.79 Å². The molecule has 3 atom stereocenters. The largest absolute Gasteiger partial charge is 0.508 e. The average Bonchev–Trinajstić information content (AvgIpc) is 3.78. The summed E-state index contributed by atoms with van der Waals surface area (Å²) in [5.74, 6) is -0.237. The number of aliphatic hydroxyl groups excluding tert-OH is 2. The molecule has 320 valence electrons. The van der Waals surface area contributed by atoms with E-state index >= 15 is 4.79 Å². The number of aliphatic hydroxyl groups is 2. The number of Topliss-reactive ketones (excluding diaryl/α,β-unsaturated/α-hetero) is 1. The number of aromatic hydroxyl groups is 3. The molecule has 0 spiro atoms. The zero-order valence-corrected chi connectivity index (χ0v) is 35.1. The normalized spacial score (nSPS) is 15.3. The van der Waals surface area contributed by atoms with Gasteiger partial charge in [-0.15, -0.1) is 0 Å². The molecule has 6 aromatic rings. The number of aromatic nitrogens is 1. The lowest BCUT2D eigenvalue weighted by Crippen LogP contribution is -2.44. The van der Waals surface area contributed by atoms with E-state index in [1.165, 1.54) is 13.2 Å². The standard InChI is InChI=1S/C51H58N2O8/c1-52-30-35-22-40(27-41(55)23-35)51(32-54,29-33-15-17-45(56)48(24-33)61-42-12-4-3-5-13-42)49(59)28-47(58)39(21-34-19-20-53-31-34)25-38-16-18-46(57)50(60-2)44(38)26-37-11-8-10-36-9-6-7-14-43(36)37/h6-11,14-20,22-24,27,31,39,42,47,52-58H,3-5,12-13,21,25-26,28-30,32H2,1-2H3/t39-,47-,51+/m1/s1. The smallest absolute Gasteiger partial charge is 0.164 e. The van der Waals surface area contributed by atoms with Crippen molar-refractivity contribution < 1.29 is 39.8 Å². The number of ketones is 1. The van der Waals surface area contributed by atoms with Crippen molar-refractivity contribution >= 4 is 16.6 Å². The Balaban J connectivity index is 1.24. The molecule has 10 nitrogen and oxygen atoms in total. The third-order valence-electron chi connectivity index (χ3n) is 12.5. The Morgan fingerprint density at radius 3 is 2.39 bits per heavy atom. The summed E-state index contributed by atoms with van der Waals surface area (Å²) >= 11 is 0. The number of nitrogens with one attached hydrogen (secondary N) is 2. The third-order valence-corrected chi connectivity index (χ3v) is 12.5. The maximum atomic E-state index is 15.1. The first-order valence-electron chi connectivity index (χ1n) is 21.4. The molecule has 1 saturated carbocycles. The van der Waals surface area contributed by atoms with E-state index in [0.717, 1.165) is 70.7 Å². The van der Waals surface area contributed by atoms with Gasteiger partial charge in [0, 0.05) is 37.3 Å². The van der Waals surface area contributed by atoms with Gasteiger partial charge in [0.05, 0.1) is 31.3 Å². The van der Waals surface area contributed by atoms with E-state index in [1.807, 2.05) is 48.8 Å². The molecule has 0 bridgehead atoms. The van der Waals surface area contributed by atoms with Gasteiger partial charge in [0.25, 0.3) is 0 Å². The highest BCUT2D eigenvalue weighted by Crippen LogP contribution is 2.40. The van der Waals surface area contributed by atoms with Crippen molar-refractivity contribution in [2.24, 2.45) is 5.92 Å². The summed E-state index contributed by atoms with van der Waals surface area (Å²) in [6.07, 6.45) is 8.51. The number of fused-ring (bicyclic) bond motifs is 1. The van der Waals surface area contributed by atoms with Crippen molar-refractivity contribution in [3.8, 4) is 28.7 Å². The number of aromatic amines is 1. The van der Waals surface area contributed by atoms with Crippen molar-refractivity contribution in [1.29, 1.82) is 0 Å². The number of phenolic OH excluding ortho intramolecular Hbond substituents is 3. The van der Waals surface area contributed by atoms with Gasteiger partial charge >= 0.3 is 0 Å². The molecule has 0 unspecified atom stereocenters. The molecular formula is C51H58N2O8. The molecule has 1 heterocycles. The number of H-pyrrole nitrogens is 1. The quantitative estimate of drug-likeness (QED) is 0.0427. The fourth-order valence-electron chi connectivity index (χ4n) is 9.20. The van der Waals surface area contributed by atoms with Crippen LogP contribution < -0.4 is 14.8 Å². The van der Waals surface area contributed by atoms with Crippen LogP contribution in [0.1, 0.15) is 77.5 Å². The van der Waals surface area contributed by atoms with Crippen LogP contribution in [0.3, 0.4) is 0 Å². The molecule has 0 aliphatic heterocycles. The van der Waals surface area contributed by atoms with E-state index in [1.54, 1.807) is 37.4 Å². The summed E-state index contributed by atoms with van der Waals surface area (Å²) in [7, 11) is 3.32. The molecular weight excluding hydrogens is 769 g/mol. The topological polar surface area (TPSA) is 164 Å². The number of benzene rings is 5. The molecule has 7 N–H and O–H groups in total. The van der Waals surface area contributed by atoms with Crippen molar-refractivity contribution in [3.63, 3.8) is 0 Å². The molecule has 0 amide bonds. The molecule has 1 aliphatic rings. The van der Waals surface area contributed by atoms with Crippen LogP contribution in [0.25, 0.3) is 10.8 Å². The number of rotatable bonds is 19. The summed E-state index contributed by atoms with van der Waals surface area (Å²) < 4.78 is 12.1. The van der Waals surface area contributed by atoms with Crippen LogP contribution >= 0.6 is 0 Å². The van der Waals surface area contributed by atoms with Crippen molar-refractivity contribution in [2.75, 3.05) is 20.8 Å². The lowest BCUT2D eigenvalue weighted by Gasteiger charge is -2.34. The molecule has 1 aliphatic carbocycles. The number of carbonyl (C=O) groups is 1. The van der Waals surface area contributed by atoms with Crippen LogP contribution in [-0.2, 0) is 42.4 Å². The van der Waals surface area contributed by atoms with Gasteiger partial charge in [0.1, 0.15) is 11.5 Å². The minimum atomic E-state index is -1.58. The summed E-state index contributed by atoms with van der Waals surface area (Å²) in [6, 6.07) is 29.7. The Hall–Kier alpha value is -5.81. The molecule has 1 fully saturated rings. The minimum absolute atomic E-state index is 0.00221. The first kappa shape index (κ1) is 43.3. The maximum absolute atomic E-state index is 15.1. The predicted molar refractivity (Wildman–Crippen MR) is 238 cm³/mol. The molecule has 61 heavy (non-hydrogen) atoms. The van der Waals surface area contributed by atoms with Gasteiger partial charge in [0.2, 0.25) is 0 Å². The molecule has 0 saturated heterocycles. The Morgan fingerprint density at radius 2 is 1.64 bits per heavy atom. The second kappa shape index (κ2) is 19.7. The van der Waals surface area contributed by atoms with E-state index in [4.69, 9.17) is 9.47 Å². The molecule has 10 heteroatoms. The van der Waals surface area contributed by atoms with Gasteiger partial charge in [-0.25, -0.2) is 0 Å². The van der Waals surface area contributed by atoms with Crippen molar-refractivity contribution in [1.82, 2.24) is 10.3 Å². The van der Waals surface area contributed by atoms with Crippen LogP contribution in [0.5, 0.6) is 28.7 Å². The van der Waals surface area contributed by atoms with Gasteiger partial charge in [-0.05, 0) is 138 Å². The number of methoxy groups -OCH3 is 1. The van der Waals surface area contributed by atoms with Crippen LogP contribution in [0.4, 0.5) is 0 Å². The fraction of sp³-hybridized carbons (Fsp3) is 0.353. The van der Waals surface area contributed by atoms with E-state index < -0.39 is 29.8 Å². The van der Waals surface area contributed by atoms with E-state index in [2.05, 4.69) is 34.6 Å². The number of hydrogen-bond donors (Lipinski definition) is 7. The average molecular weight is 827 g/mol. The van der Waals surface area contributed by atoms with Gasteiger partial charge < -0.3 is 45.3 Å². The second-order valence-corrected chi connectivity index (χ2v) is 16.7. The predicted octanol–water partition coefficient (Wildman–Crippen LogP) is 8.21. The fourth-order valence-corrected chi connectivity index (χ4v) is 9.20. The van der Waals surface area contributed by atoms with Crippen LogP contribution in [0.2, 0.25) is 0 Å². The van der Waals surface area contributed by atoms with Crippen LogP contribution in [0, 0.1) is 5.92 Å². The molecule has 1 aromatic heterocycles. The van der Waals surface area contributed by atoms with Crippen molar-refractivity contribution in [3.05, 3.63) is 148 Å². The van der Waals surface area contributed by atoms with Gasteiger partial charge in [0.15, 0.2) is 23.0 Å².